The second kappa shape index (κ2) is 10.7. The third-order valence-electron chi connectivity index (χ3n) is 7.23. The van der Waals surface area contributed by atoms with E-state index in [-0.39, 0.29) is 11.7 Å². The molecule has 1 N–H and O–H groups in total. The first-order valence-electron chi connectivity index (χ1n) is 12.3. The van der Waals surface area contributed by atoms with E-state index >= 15 is 0 Å². The normalized spacial score (nSPS) is 18.2. The summed E-state index contributed by atoms with van der Waals surface area (Å²) in [4.78, 5) is 20.8. The SMILES string of the molecule is O=C1NC(CCCN2CCC(c3ccc(F)cc3)CC2)=NC1(c1ccc(Cl)cc1)c1ccc(Cl)cc1. The van der Waals surface area contributed by atoms with Crippen molar-refractivity contribution in [2.24, 2.45) is 4.99 Å². The minimum Gasteiger partial charge on any atom is -0.312 e. The summed E-state index contributed by atoms with van der Waals surface area (Å²) in [7, 11) is 0. The van der Waals surface area contributed by atoms with Crippen LogP contribution in [-0.4, -0.2) is 36.3 Å². The Labute approximate surface area is 221 Å². The van der Waals surface area contributed by atoms with Crippen LogP contribution in [0.2, 0.25) is 10.0 Å². The number of amides is 1. The molecular formula is C29H28Cl2FN3O. The predicted octanol–water partition coefficient (Wildman–Crippen LogP) is 6.56. The lowest BCUT2D eigenvalue weighted by Gasteiger charge is -2.32. The Morgan fingerprint density at radius 1 is 0.889 bits per heavy atom. The summed E-state index contributed by atoms with van der Waals surface area (Å²) in [6.07, 6.45) is 3.73. The van der Waals surface area contributed by atoms with Crippen molar-refractivity contribution in [1.82, 2.24) is 10.2 Å². The van der Waals surface area contributed by atoms with Crippen LogP contribution < -0.4 is 5.32 Å². The highest BCUT2D eigenvalue weighted by Gasteiger charge is 2.46. The van der Waals surface area contributed by atoms with Crippen LogP contribution in [0.1, 0.15) is 48.3 Å². The highest BCUT2D eigenvalue weighted by atomic mass is 35.5. The molecule has 0 bridgehead atoms. The molecule has 36 heavy (non-hydrogen) atoms. The largest absolute Gasteiger partial charge is 0.312 e. The highest BCUT2D eigenvalue weighted by molar-refractivity contribution is 6.31. The van der Waals surface area contributed by atoms with E-state index in [9.17, 15) is 9.18 Å². The molecule has 1 amide bonds. The maximum atomic E-state index is 13.4. The first kappa shape index (κ1) is 24.9. The molecule has 3 aromatic rings. The molecule has 0 aliphatic carbocycles. The fourth-order valence-electron chi connectivity index (χ4n) is 5.26. The summed E-state index contributed by atoms with van der Waals surface area (Å²) in [6, 6.07) is 21.5. The Morgan fingerprint density at radius 3 is 2.00 bits per heavy atom. The number of nitrogens with one attached hydrogen (secondary N) is 1. The molecule has 2 aliphatic rings. The summed E-state index contributed by atoms with van der Waals surface area (Å²) in [6.45, 7) is 2.97. The number of likely N-dealkylation sites (tertiary alicyclic amines) is 1. The Morgan fingerprint density at radius 2 is 1.44 bits per heavy atom. The van der Waals surface area contributed by atoms with Crippen molar-refractivity contribution in [3.8, 4) is 0 Å². The van der Waals surface area contributed by atoms with Gasteiger partial charge in [0.05, 0.1) is 0 Å². The number of nitrogens with zero attached hydrogens (tertiary/aromatic N) is 2. The van der Waals surface area contributed by atoms with Crippen molar-refractivity contribution in [2.75, 3.05) is 19.6 Å². The molecule has 2 aliphatic heterocycles. The van der Waals surface area contributed by atoms with Crippen LogP contribution >= 0.6 is 23.2 Å². The van der Waals surface area contributed by atoms with Gasteiger partial charge in [0, 0.05) is 16.5 Å². The number of rotatable bonds is 7. The minimum absolute atomic E-state index is 0.165. The van der Waals surface area contributed by atoms with Gasteiger partial charge in [-0.05, 0) is 97.9 Å². The monoisotopic (exact) mass is 523 g/mol. The molecule has 0 saturated carbocycles. The predicted molar refractivity (Wildman–Crippen MR) is 143 cm³/mol. The van der Waals surface area contributed by atoms with Gasteiger partial charge in [-0.15, -0.1) is 0 Å². The number of hydrogen-bond donors (Lipinski definition) is 1. The summed E-state index contributed by atoms with van der Waals surface area (Å²) < 4.78 is 13.2. The zero-order valence-corrected chi connectivity index (χ0v) is 21.4. The number of benzene rings is 3. The van der Waals surface area contributed by atoms with Crippen LogP contribution in [0.5, 0.6) is 0 Å². The van der Waals surface area contributed by atoms with Gasteiger partial charge in [-0.3, -0.25) is 4.79 Å². The van der Waals surface area contributed by atoms with Gasteiger partial charge in [0.1, 0.15) is 11.7 Å². The second-order valence-corrected chi connectivity index (χ2v) is 10.4. The smallest absolute Gasteiger partial charge is 0.262 e. The minimum atomic E-state index is -1.15. The van der Waals surface area contributed by atoms with Gasteiger partial charge >= 0.3 is 0 Å². The molecule has 0 atom stereocenters. The van der Waals surface area contributed by atoms with Crippen LogP contribution in [0.3, 0.4) is 0 Å². The number of aliphatic imine (C=N–C) groups is 1. The van der Waals surface area contributed by atoms with E-state index < -0.39 is 5.54 Å². The fourth-order valence-corrected chi connectivity index (χ4v) is 5.51. The van der Waals surface area contributed by atoms with E-state index in [0.717, 1.165) is 50.0 Å². The Balaban J connectivity index is 1.24. The second-order valence-electron chi connectivity index (χ2n) is 9.51. The van der Waals surface area contributed by atoms with Gasteiger partial charge in [-0.1, -0.05) is 59.6 Å². The molecule has 4 nitrogen and oxygen atoms in total. The van der Waals surface area contributed by atoms with Crippen molar-refractivity contribution in [2.45, 2.75) is 37.1 Å². The number of hydrogen-bond acceptors (Lipinski definition) is 3. The molecule has 7 heteroatoms. The average molecular weight is 524 g/mol. The third-order valence-corrected chi connectivity index (χ3v) is 7.73. The third kappa shape index (κ3) is 5.19. The molecule has 3 aromatic carbocycles. The summed E-state index contributed by atoms with van der Waals surface area (Å²) >= 11 is 12.2. The van der Waals surface area contributed by atoms with Crippen LogP contribution in [0.25, 0.3) is 0 Å². The lowest BCUT2D eigenvalue weighted by atomic mass is 9.83. The maximum absolute atomic E-state index is 13.4. The molecule has 0 spiro atoms. The van der Waals surface area contributed by atoms with Crippen LogP contribution in [0, 0.1) is 5.82 Å². The zero-order chi connectivity index (χ0) is 25.1. The molecule has 1 saturated heterocycles. The van der Waals surface area contributed by atoms with Gasteiger partial charge in [0.25, 0.3) is 5.91 Å². The standard InChI is InChI=1S/C29H28Cl2FN3O/c30-24-9-5-22(6-10-24)29(23-7-11-25(31)12-8-23)28(36)33-27(34-29)2-1-17-35-18-15-21(16-19-35)20-3-13-26(32)14-4-20/h3-14,21H,1-2,15-19H2,(H,33,34,36). The van der Waals surface area contributed by atoms with E-state index in [1.165, 1.54) is 5.56 Å². The Hall–Kier alpha value is -2.73. The molecule has 0 radical (unpaired) electrons. The van der Waals surface area contributed by atoms with Gasteiger partial charge in [-0.2, -0.15) is 0 Å². The summed E-state index contributed by atoms with van der Waals surface area (Å²) in [5, 5.41) is 4.25. The van der Waals surface area contributed by atoms with Gasteiger partial charge in [0.2, 0.25) is 0 Å². The van der Waals surface area contributed by atoms with Crippen LogP contribution in [-0.2, 0) is 10.3 Å². The number of amidine groups is 1. The zero-order valence-electron chi connectivity index (χ0n) is 19.9. The first-order chi connectivity index (χ1) is 17.4. The molecular weight excluding hydrogens is 496 g/mol. The van der Waals surface area contributed by atoms with Crippen molar-refractivity contribution in [3.05, 3.63) is 105 Å². The molecule has 186 valence electrons. The topological polar surface area (TPSA) is 44.7 Å². The van der Waals surface area contributed by atoms with E-state index in [2.05, 4.69) is 10.2 Å². The summed E-state index contributed by atoms with van der Waals surface area (Å²) in [5.74, 6) is 0.835. The number of halogens is 3. The van der Waals surface area contributed by atoms with Gasteiger partial charge in [-0.25, -0.2) is 9.38 Å². The molecule has 1 fully saturated rings. The van der Waals surface area contributed by atoms with E-state index in [1.807, 2.05) is 36.4 Å². The lowest BCUT2D eigenvalue weighted by molar-refractivity contribution is -0.122. The Kier molecular flexibility index (Phi) is 7.42. The average Bonchev–Trinajstić information content (AvgIpc) is 3.22. The first-order valence-corrected chi connectivity index (χ1v) is 13.1. The van der Waals surface area contributed by atoms with Crippen LogP contribution in [0.4, 0.5) is 4.39 Å². The quantitative estimate of drug-likeness (QED) is 0.380. The van der Waals surface area contributed by atoms with E-state index in [4.69, 9.17) is 28.2 Å². The number of piperidine rings is 1. The fraction of sp³-hybridized carbons (Fsp3) is 0.310. The van der Waals surface area contributed by atoms with Crippen molar-refractivity contribution < 1.29 is 9.18 Å². The highest BCUT2D eigenvalue weighted by Crippen LogP contribution is 2.38. The molecule has 0 unspecified atom stereocenters. The van der Waals surface area contributed by atoms with Crippen molar-refractivity contribution in [1.29, 1.82) is 0 Å². The van der Waals surface area contributed by atoms with Crippen molar-refractivity contribution in [3.63, 3.8) is 0 Å². The lowest BCUT2D eigenvalue weighted by Crippen LogP contribution is -2.38. The van der Waals surface area contributed by atoms with E-state index in [0.29, 0.717) is 28.2 Å². The molecule has 2 heterocycles. The van der Waals surface area contributed by atoms with Gasteiger partial charge in [0.15, 0.2) is 5.54 Å². The van der Waals surface area contributed by atoms with Crippen LogP contribution in [0.15, 0.2) is 77.8 Å². The Bertz CT molecular complexity index is 1190. The van der Waals surface area contributed by atoms with Crippen molar-refractivity contribution >= 4 is 34.9 Å². The summed E-state index contributed by atoms with van der Waals surface area (Å²) in [5.41, 5.74) is 1.60. The maximum Gasteiger partial charge on any atom is 0.262 e. The number of carbonyl (C=O) groups is 1. The number of carbonyl (C=O) groups excluding carboxylic acids is 1. The van der Waals surface area contributed by atoms with Gasteiger partial charge < -0.3 is 10.2 Å². The molecule has 5 rings (SSSR count). The molecule has 0 aromatic heterocycles. The van der Waals surface area contributed by atoms with E-state index in [1.54, 1.807) is 36.4 Å².